The van der Waals surface area contributed by atoms with Gasteiger partial charge in [0.15, 0.2) is 6.61 Å². The number of nitrogens with zero attached hydrogens (tertiary/aromatic N) is 1. The molecule has 104 valence electrons. The number of hydrogen-bond acceptors (Lipinski definition) is 4. The summed E-state index contributed by atoms with van der Waals surface area (Å²) in [7, 11) is 0. The number of alkyl halides is 3. The van der Waals surface area contributed by atoms with Crippen LogP contribution in [-0.2, 0) is 4.74 Å². The summed E-state index contributed by atoms with van der Waals surface area (Å²) in [6.07, 6.45) is -6.14. The molecule has 0 aliphatic rings. The lowest BCUT2D eigenvalue weighted by Crippen LogP contribution is -2.23. The number of anilines is 1. The van der Waals surface area contributed by atoms with Crippen LogP contribution in [0, 0.1) is 15.9 Å². The fourth-order valence-corrected chi connectivity index (χ4v) is 1.03. The molecule has 1 aromatic carbocycles. The molecule has 1 amide bonds. The Morgan fingerprint density at radius 2 is 2.05 bits per heavy atom. The van der Waals surface area contributed by atoms with E-state index in [-0.39, 0.29) is 5.69 Å². The zero-order chi connectivity index (χ0) is 14.6. The third kappa shape index (κ3) is 4.77. The number of amides is 1. The molecular weight excluding hydrogens is 276 g/mol. The van der Waals surface area contributed by atoms with Gasteiger partial charge in [-0.2, -0.15) is 17.6 Å². The molecule has 0 atom stereocenters. The number of halogens is 4. The maximum absolute atomic E-state index is 13.1. The van der Waals surface area contributed by atoms with Crippen molar-refractivity contribution in [3.8, 4) is 0 Å². The normalized spacial score (nSPS) is 10.9. The van der Waals surface area contributed by atoms with Crippen molar-refractivity contribution in [1.29, 1.82) is 0 Å². The van der Waals surface area contributed by atoms with Gasteiger partial charge in [0.25, 0.3) is 0 Å². The second kappa shape index (κ2) is 5.50. The maximum Gasteiger partial charge on any atom is 0.422 e. The van der Waals surface area contributed by atoms with Gasteiger partial charge in [-0.05, 0) is 6.07 Å². The van der Waals surface area contributed by atoms with Gasteiger partial charge in [0.05, 0.1) is 4.92 Å². The molecule has 6 nitrogen and oxygen atoms in total. The number of hydrogen-bond donors (Lipinski definition) is 1. The van der Waals surface area contributed by atoms with Crippen molar-refractivity contribution in [2.75, 3.05) is 11.9 Å². The average Bonchev–Trinajstić information content (AvgIpc) is 2.25. The first-order valence-corrected chi connectivity index (χ1v) is 4.63. The number of nitro groups is 1. The molecular formula is C9H6F4N2O4. The summed E-state index contributed by atoms with van der Waals surface area (Å²) in [6.45, 7) is -1.80. The molecule has 1 N–H and O–H groups in total. The third-order valence-corrected chi connectivity index (χ3v) is 1.76. The summed E-state index contributed by atoms with van der Waals surface area (Å²) < 4.78 is 52.1. The van der Waals surface area contributed by atoms with Crippen LogP contribution in [0.2, 0.25) is 0 Å². The zero-order valence-electron chi connectivity index (χ0n) is 9.03. The van der Waals surface area contributed by atoms with E-state index in [2.05, 4.69) is 4.74 Å². The topological polar surface area (TPSA) is 81.5 Å². The smallest absolute Gasteiger partial charge is 0.422 e. The van der Waals surface area contributed by atoms with Crippen LogP contribution < -0.4 is 5.32 Å². The molecule has 0 saturated carbocycles. The largest absolute Gasteiger partial charge is 0.440 e. The van der Waals surface area contributed by atoms with Crippen molar-refractivity contribution in [3.63, 3.8) is 0 Å². The number of carbonyl (C=O) groups is 1. The maximum atomic E-state index is 13.1. The molecule has 0 aliphatic heterocycles. The summed E-state index contributed by atoms with van der Waals surface area (Å²) in [5.74, 6) is -1.24. The van der Waals surface area contributed by atoms with Gasteiger partial charge < -0.3 is 4.74 Å². The molecule has 1 aromatic rings. The highest BCUT2D eigenvalue weighted by Gasteiger charge is 2.29. The van der Waals surface area contributed by atoms with Gasteiger partial charge in [-0.3, -0.25) is 15.4 Å². The molecule has 0 spiro atoms. The van der Waals surface area contributed by atoms with Crippen molar-refractivity contribution < 1.29 is 32.0 Å². The van der Waals surface area contributed by atoms with E-state index in [1.54, 1.807) is 5.32 Å². The quantitative estimate of drug-likeness (QED) is 0.525. The summed E-state index contributed by atoms with van der Waals surface area (Å²) in [5.41, 5.74) is -1.09. The number of nitro benzene ring substituents is 1. The van der Waals surface area contributed by atoms with Crippen molar-refractivity contribution in [1.82, 2.24) is 0 Å². The third-order valence-electron chi connectivity index (χ3n) is 1.76. The van der Waals surface area contributed by atoms with Gasteiger partial charge in [0, 0.05) is 17.8 Å². The van der Waals surface area contributed by atoms with Crippen LogP contribution in [0.3, 0.4) is 0 Å². The Kier molecular flexibility index (Phi) is 4.25. The molecule has 0 radical (unpaired) electrons. The van der Waals surface area contributed by atoms with Crippen LogP contribution in [0.15, 0.2) is 18.2 Å². The average molecular weight is 282 g/mol. The van der Waals surface area contributed by atoms with Gasteiger partial charge in [0.2, 0.25) is 5.82 Å². The van der Waals surface area contributed by atoms with Crippen LogP contribution in [-0.4, -0.2) is 23.8 Å². The van der Waals surface area contributed by atoms with E-state index in [0.717, 1.165) is 12.1 Å². The molecule has 0 aliphatic carbocycles. The summed E-state index contributed by atoms with van der Waals surface area (Å²) in [5, 5.41) is 12.1. The first-order valence-electron chi connectivity index (χ1n) is 4.63. The van der Waals surface area contributed by atoms with Crippen LogP contribution in [0.25, 0.3) is 0 Å². The van der Waals surface area contributed by atoms with E-state index in [1.165, 1.54) is 0 Å². The standard InChI is InChI=1S/C9H6F4N2O4/c10-6-3-5(1-2-7(6)15(17)18)14-8(16)19-4-9(11,12)13/h1-3H,4H2,(H,14,16). The molecule has 1 rings (SSSR count). The van der Waals surface area contributed by atoms with Crippen LogP contribution in [0.5, 0.6) is 0 Å². The van der Waals surface area contributed by atoms with Gasteiger partial charge in [0.1, 0.15) is 0 Å². The highest BCUT2D eigenvalue weighted by atomic mass is 19.4. The Hall–Kier alpha value is -2.39. The first-order chi connectivity index (χ1) is 8.69. The fraction of sp³-hybridized carbons (Fsp3) is 0.222. The van der Waals surface area contributed by atoms with E-state index in [1.807, 2.05) is 0 Å². The predicted molar refractivity (Wildman–Crippen MR) is 54.1 cm³/mol. The molecule has 0 bridgehead atoms. The minimum Gasteiger partial charge on any atom is -0.440 e. The first kappa shape index (κ1) is 14.7. The van der Waals surface area contributed by atoms with Gasteiger partial charge in [-0.1, -0.05) is 0 Å². The number of benzene rings is 1. The SMILES string of the molecule is O=C(Nc1ccc([N+](=O)[O-])c(F)c1)OCC(F)(F)F. The number of rotatable bonds is 3. The van der Waals surface area contributed by atoms with Crippen molar-refractivity contribution in [2.45, 2.75) is 6.18 Å². The number of nitrogens with one attached hydrogen (secondary N) is 1. The second-order valence-electron chi connectivity index (χ2n) is 3.24. The summed E-state index contributed by atoms with van der Waals surface area (Å²) in [6, 6.07) is 2.30. The van der Waals surface area contributed by atoms with Crippen molar-refractivity contribution in [3.05, 3.63) is 34.1 Å². The molecule has 19 heavy (non-hydrogen) atoms. The Morgan fingerprint density at radius 3 is 2.53 bits per heavy atom. The summed E-state index contributed by atoms with van der Waals surface area (Å²) >= 11 is 0. The molecule has 0 fully saturated rings. The van der Waals surface area contributed by atoms with Crippen LogP contribution in [0.1, 0.15) is 0 Å². The monoisotopic (exact) mass is 282 g/mol. The van der Waals surface area contributed by atoms with Crippen LogP contribution in [0.4, 0.5) is 33.7 Å². The molecule has 0 unspecified atom stereocenters. The van der Waals surface area contributed by atoms with Gasteiger partial charge in [-0.25, -0.2) is 4.79 Å². The Balaban J connectivity index is 2.65. The highest BCUT2D eigenvalue weighted by molar-refractivity contribution is 5.84. The fourth-order valence-electron chi connectivity index (χ4n) is 1.03. The number of carbonyl (C=O) groups excluding carboxylic acids is 1. The van der Waals surface area contributed by atoms with Crippen molar-refractivity contribution >= 4 is 17.5 Å². The Labute approximate surface area is 103 Å². The predicted octanol–water partition coefficient (Wildman–Crippen LogP) is 2.84. The van der Waals surface area contributed by atoms with Gasteiger partial charge >= 0.3 is 18.0 Å². The molecule has 0 aromatic heterocycles. The second-order valence-corrected chi connectivity index (χ2v) is 3.24. The lowest BCUT2D eigenvalue weighted by molar-refractivity contribution is -0.387. The van der Waals surface area contributed by atoms with E-state index in [4.69, 9.17) is 0 Å². The van der Waals surface area contributed by atoms with E-state index in [9.17, 15) is 32.5 Å². The molecule has 0 saturated heterocycles. The van der Waals surface area contributed by atoms with E-state index >= 15 is 0 Å². The molecule has 10 heteroatoms. The van der Waals surface area contributed by atoms with E-state index < -0.39 is 35.3 Å². The molecule has 0 heterocycles. The summed E-state index contributed by atoms with van der Waals surface area (Å²) in [4.78, 5) is 20.2. The Morgan fingerprint density at radius 1 is 1.42 bits per heavy atom. The minimum atomic E-state index is -4.68. The lowest BCUT2D eigenvalue weighted by atomic mass is 10.3. The van der Waals surface area contributed by atoms with Gasteiger partial charge in [-0.15, -0.1) is 0 Å². The van der Waals surface area contributed by atoms with E-state index in [0.29, 0.717) is 6.07 Å². The minimum absolute atomic E-state index is 0.268. The Bertz CT molecular complexity index is 503. The highest BCUT2D eigenvalue weighted by Crippen LogP contribution is 2.21. The lowest BCUT2D eigenvalue weighted by Gasteiger charge is -2.09. The van der Waals surface area contributed by atoms with Crippen molar-refractivity contribution in [2.24, 2.45) is 0 Å². The number of ether oxygens (including phenoxy) is 1. The van der Waals surface area contributed by atoms with Crippen LogP contribution >= 0.6 is 0 Å². The zero-order valence-corrected chi connectivity index (χ0v) is 9.03.